The molecule has 1 unspecified atom stereocenters. The van der Waals surface area contributed by atoms with Crippen molar-refractivity contribution in [3.8, 4) is 5.75 Å². The standard InChI is InChI=1S/C22H21F3N2O3/c23-22(24,25)30-19-11-8-16(9-12-19)10-13-20(28)27-14-4-5-17(15-27)21(29)26-18-6-2-1-3-7-18/h1-3,6-13,17H,4-5,14-15H2,(H,26,29)/b13-10+. The van der Waals surface area contributed by atoms with Crippen LogP contribution >= 0.6 is 0 Å². The van der Waals surface area contributed by atoms with Crippen LogP contribution in [0.3, 0.4) is 0 Å². The van der Waals surface area contributed by atoms with E-state index >= 15 is 0 Å². The molecule has 1 atom stereocenters. The number of carbonyl (C=O) groups is 2. The van der Waals surface area contributed by atoms with Gasteiger partial charge < -0.3 is 15.0 Å². The summed E-state index contributed by atoms with van der Waals surface area (Å²) < 4.78 is 40.4. The zero-order chi connectivity index (χ0) is 21.6. The van der Waals surface area contributed by atoms with Crippen molar-refractivity contribution in [2.24, 2.45) is 5.92 Å². The van der Waals surface area contributed by atoms with Crippen molar-refractivity contribution in [2.45, 2.75) is 19.2 Å². The average Bonchev–Trinajstić information content (AvgIpc) is 2.73. The van der Waals surface area contributed by atoms with E-state index in [0.29, 0.717) is 30.8 Å². The Labute approximate surface area is 172 Å². The Kier molecular flexibility index (Phi) is 6.76. The number of amides is 2. The predicted molar refractivity (Wildman–Crippen MR) is 107 cm³/mol. The number of halogens is 3. The lowest BCUT2D eigenvalue weighted by Crippen LogP contribution is -2.43. The molecule has 0 radical (unpaired) electrons. The number of likely N-dealkylation sites (tertiary alicyclic amines) is 1. The first kappa shape index (κ1) is 21.4. The summed E-state index contributed by atoms with van der Waals surface area (Å²) in [5.41, 5.74) is 1.28. The lowest BCUT2D eigenvalue weighted by molar-refractivity contribution is -0.274. The molecule has 1 N–H and O–H groups in total. The Morgan fingerprint density at radius 1 is 1.07 bits per heavy atom. The van der Waals surface area contributed by atoms with Gasteiger partial charge in [0.1, 0.15) is 5.75 Å². The summed E-state index contributed by atoms with van der Waals surface area (Å²) in [7, 11) is 0. The van der Waals surface area contributed by atoms with Crippen LogP contribution in [0.25, 0.3) is 6.08 Å². The van der Waals surface area contributed by atoms with E-state index in [1.54, 1.807) is 17.0 Å². The molecule has 0 aromatic heterocycles. The normalized spacial score (nSPS) is 17.0. The van der Waals surface area contributed by atoms with Gasteiger partial charge in [-0.25, -0.2) is 0 Å². The Bertz CT molecular complexity index is 896. The minimum atomic E-state index is -4.75. The van der Waals surface area contributed by atoms with Gasteiger partial charge in [-0.2, -0.15) is 0 Å². The molecule has 30 heavy (non-hydrogen) atoms. The van der Waals surface area contributed by atoms with E-state index in [2.05, 4.69) is 10.1 Å². The molecule has 5 nitrogen and oxygen atoms in total. The van der Waals surface area contributed by atoms with Gasteiger partial charge in [0.15, 0.2) is 0 Å². The first-order chi connectivity index (χ1) is 14.3. The molecule has 8 heteroatoms. The molecule has 1 aliphatic rings. The highest BCUT2D eigenvalue weighted by molar-refractivity contribution is 5.95. The number of hydrogen-bond acceptors (Lipinski definition) is 3. The molecular weight excluding hydrogens is 397 g/mol. The van der Waals surface area contributed by atoms with Gasteiger partial charge in [0, 0.05) is 24.9 Å². The summed E-state index contributed by atoms with van der Waals surface area (Å²) in [6, 6.07) is 14.4. The van der Waals surface area contributed by atoms with Crippen LogP contribution in [0.2, 0.25) is 0 Å². The van der Waals surface area contributed by atoms with E-state index in [1.807, 2.05) is 18.2 Å². The second-order valence-electron chi connectivity index (χ2n) is 6.93. The lowest BCUT2D eigenvalue weighted by atomic mass is 9.97. The third-order valence-electron chi connectivity index (χ3n) is 4.68. The molecule has 158 valence electrons. The zero-order valence-corrected chi connectivity index (χ0v) is 16.1. The van der Waals surface area contributed by atoms with Gasteiger partial charge in [0.05, 0.1) is 5.92 Å². The molecule has 1 aliphatic heterocycles. The summed E-state index contributed by atoms with van der Waals surface area (Å²) in [5.74, 6) is -0.991. The number of nitrogens with zero attached hydrogens (tertiary/aromatic N) is 1. The predicted octanol–water partition coefficient (Wildman–Crippen LogP) is 4.48. The molecule has 2 aromatic carbocycles. The topological polar surface area (TPSA) is 58.6 Å². The van der Waals surface area contributed by atoms with E-state index < -0.39 is 6.36 Å². The van der Waals surface area contributed by atoms with Gasteiger partial charge in [0.25, 0.3) is 0 Å². The molecule has 3 rings (SSSR count). The van der Waals surface area contributed by atoms with Crippen LogP contribution in [0.15, 0.2) is 60.7 Å². The van der Waals surface area contributed by atoms with E-state index in [1.165, 1.54) is 36.4 Å². The van der Waals surface area contributed by atoms with Crippen molar-refractivity contribution in [1.82, 2.24) is 4.90 Å². The van der Waals surface area contributed by atoms with Crippen molar-refractivity contribution in [3.05, 3.63) is 66.2 Å². The molecule has 0 spiro atoms. The number of carbonyl (C=O) groups excluding carboxylic acids is 2. The number of benzene rings is 2. The van der Waals surface area contributed by atoms with E-state index in [-0.39, 0.29) is 23.5 Å². The fourth-order valence-electron chi connectivity index (χ4n) is 3.21. The van der Waals surface area contributed by atoms with Crippen molar-refractivity contribution >= 4 is 23.6 Å². The molecule has 2 aromatic rings. The number of nitrogens with one attached hydrogen (secondary N) is 1. The molecular formula is C22H21F3N2O3. The van der Waals surface area contributed by atoms with Crippen molar-refractivity contribution < 1.29 is 27.5 Å². The van der Waals surface area contributed by atoms with Crippen molar-refractivity contribution in [3.63, 3.8) is 0 Å². The maximum absolute atomic E-state index is 12.5. The number of rotatable bonds is 5. The van der Waals surface area contributed by atoms with Gasteiger partial charge in [-0.15, -0.1) is 13.2 Å². The second kappa shape index (κ2) is 9.47. The fraction of sp³-hybridized carbons (Fsp3) is 0.273. The minimum absolute atomic E-state index is 0.122. The highest BCUT2D eigenvalue weighted by Gasteiger charge is 2.31. The van der Waals surface area contributed by atoms with Crippen molar-refractivity contribution in [1.29, 1.82) is 0 Å². The first-order valence-corrected chi connectivity index (χ1v) is 9.49. The van der Waals surface area contributed by atoms with Crippen LogP contribution in [0.1, 0.15) is 18.4 Å². The SMILES string of the molecule is O=C(Nc1ccccc1)C1CCCN(C(=O)/C=C/c2ccc(OC(F)(F)F)cc2)C1. The van der Waals surface area contributed by atoms with Gasteiger partial charge in [-0.05, 0) is 48.7 Å². The highest BCUT2D eigenvalue weighted by atomic mass is 19.4. The van der Waals surface area contributed by atoms with E-state index in [9.17, 15) is 22.8 Å². The molecule has 0 aliphatic carbocycles. The summed E-state index contributed by atoms with van der Waals surface area (Å²) in [6.07, 6.45) is -0.446. The molecule has 1 saturated heterocycles. The minimum Gasteiger partial charge on any atom is -0.406 e. The maximum Gasteiger partial charge on any atom is 0.573 e. The van der Waals surface area contributed by atoms with Crippen LogP contribution in [0.4, 0.5) is 18.9 Å². The molecule has 0 bridgehead atoms. The van der Waals surface area contributed by atoms with Gasteiger partial charge in [-0.3, -0.25) is 9.59 Å². The first-order valence-electron chi connectivity index (χ1n) is 9.49. The second-order valence-corrected chi connectivity index (χ2v) is 6.93. The molecule has 1 heterocycles. The summed E-state index contributed by atoms with van der Waals surface area (Å²) in [6.45, 7) is 0.872. The van der Waals surface area contributed by atoms with Crippen LogP contribution in [0.5, 0.6) is 5.75 Å². The van der Waals surface area contributed by atoms with Gasteiger partial charge in [-0.1, -0.05) is 30.3 Å². The molecule has 1 fully saturated rings. The molecule has 0 saturated carbocycles. The number of anilines is 1. The number of para-hydroxylation sites is 1. The Morgan fingerprint density at radius 2 is 1.77 bits per heavy atom. The van der Waals surface area contributed by atoms with Crippen LogP contribution in [0, 0.1) is 5.92 Å². The monoisotopic (exact) mass is 418 g/mol. The third-order valence-corrected chi connectivity index (χ3v) is 4.68. The summed E-state index contributed by atoms with van der Waals surface area (Å²) >= 11 is 0. The Hall–Kier alpha value is -3.29. The summed E-state index contributed by atoms with van der Waals surface area (Å²) in [4.78, 5) is 26.6. The van der Waals surface area contributed by atoms with Gasteiger partial charge in [0.2, 0.25) is 11.8 Å². The largest absolute Gasteiger partial charge is 0.573 e. The lowest BCUT2D eigenvalue weighted by Gasteiger charge is -2.31. The highest BCUT2D eigenvalue weighted by Crippen LogP contribution is 2.23. The third kappa shape index (κ3) is 6.37. The molecule has 2 amide bonds. The number of ether oxygens (including phenoxy) is 1. The van der Waals surface area contributed by atoms with Crippen molar-refractivity contribution in [2.75, 3.05) is 18.4 Å². The Balaban J connectivity index is 1.55. The summed E-state index contributed by atoms with van der Waals surface area (Å²) in [5, 5.41) is 2.86. The van der Waals surface area contributed by atoms with Crippen LogP contribution in [-0.4, -0.2) is 36.2 Å². The van der Waals surface area contributed by atoms with Crippen LogP contribution < -0.4 is 10.1 Å². The number of alkyl halides is 3. The zero-order valence-electron chi connectivity index (χ0n) is 16.1. The average molecular weight is 418 g/mol. The number of piperidine rings is 1. The van der Waals surface area contributed by atoms with Crippen LogP contribution in [-0.2, 0) is 9.59 Å². The quantitative estimate of drug-likeness (QED) is 0.729. The van der Waals surface area contributed by atoms with E-state index in [4.69, 9.17) is 0 Å². The fourth-order valence-corrected chi connectivity index (χ4v) is 3.21. The number of hydrogen-bond donors (Lipinski definition) is 1. The van der Waals surface area contributed by atoms with E-state index in [0.717, 1.165) is 6.42 Å². The smallest absolute Gasteiger partial charge is 0.406 e. The van der Waals surface area contributed by atoms with Gasteiger partial charge >= 0.3 is 6.36 Å². The maximum atomic E-state index is 12.5. The Morgan fingerprint density at radius 3 is 2.43 bits per heavy atom.